The van der Waals surface area contributed by atoms with Crippen molar-refractivity contribution in [2.75, 3.05) is 20.0 Å². The number of anilines is 1. The quantitative estimate of drug-likeness (QED) is 0.137. The lowest BCUT2D eigenvalue weighted by molar-refractivity contribution is -0.238. The predicted molar refractivity (Wildman–Crippen MR) is 116 cm³/mol. The van der Waals surface area contributed by atoms with Crippen molar-refractivity contribution in [3.8, 4) is 11.9 Å². The Morgan fingerprint density at radius 2 is 2.00 bits per heavy atom. The summed E-state index contributed by atoms with van der Waals surface area (Å²) in [7, 11) is 2.95. The molecule has 0 spiro atoms. The first-order valence-corrected chi connectivity index (χ1v) is 9.75. The van der Waals surface area contributed by atoms with E-state index in [-0.39, 0.29) is 5.96 Å². The van der Waals surface area contributed by atoms with Crippen LogP contribution in [-0.4, -0.2) is 43.3 Å². The highest BCUT2D eigenvalue weighted by molar-refractivity contribution is 5.82. The summed E-state index contributed by atoms with van der Waals surface area (Å²) in [5.74, 6) is 0.720. The summed E-state index contributed by atoms with van der Waals surface area (Å²) < 4.78 is 16.9. The number of nitrogen functional groups attached to an aromatic ring is 1. The lowest BCUT2D eigenvalue weighted by Crippen LogP contribution is -2.62. The van der Waals surface area contributed by atoms with Gasteiger partial charge in [0.2, 0.25) is 5.96 Å². The number of hydrogen-bond acceptors (Lipinski definition) is 7. The van der Waals surface area contributed by atoms with Gasteiger partial charge in [-0.3, -0.25) is 5.32 Å². The molecule has 9 nitrogen and oxygen atoms in total. The SMILES string of the molecule is COC(OC)[C@]1(C)Oc2ccc(N)cc2[C@H](NC(=NCc2ccccc2)NC#N)[C@@H]1O. The van der Waals surface area contributed by atoms with Crippen LogP contribution in [0.5, 0.6) is 5.75 Å². The normalized spacial score (nSPS) is 22.9. The Morgan fingerprint density at radius 1 is 1.29 bits per heavy atom. The molecule has 0 saturated heterocycles. The third-order valence-electron chi connectivity index (χ3n) is 5.23. The van der Waals surface area contributed by atoms with Gasteiger partial charge in [-0.1, -0.05) is 30.3 Å². The van der Waals surface area contributed by atoms with E-state index in [1.54, 1.807) is 25.1 Å². The number of benzene rings is 2. The van der Waals surface area contributed by atoms with Gasteiger partial charge in [0.25, 0.3) is 0 Å². The van der Waals surface area contributed by atoms with E-state index >= 15 is 0 Å². The number of methoxy groups -OCH3 is 2. The topological polar surface area (TPSA) is 134 Å². The van der Waals surface area contributed by atoms with E-state index in [9.17, 15) is 10.4 Å². The number of guanidine groups is 1. The van der Waals surface area contributed by atoms with Crippen LogP contribution in [-0.2, 0) is 16.0 Å². The zero-order valence-electron chi connectivity index (χ0n) is 17.7. The Kier molecular flexibility index (Phi) is 6.97. The number of nitrogens with one attached hydrogen (secondary N) is 2. The molecule has 0 fully saturated rings. The first kappa shape index (κ1) is 22.4. The molecule has 1 aliphatic rings. The molecule has 9 heteroatoms. The number of ether oxygens (including phenoxy) is 3. The molecule has 5 N–H and O–H groups in total. The van der Waals surface area contributed by atoms with Crippen LogP contribution in [0.3, 0.4) is 0 Å². The maximum atomic E-state index is 11.3. The first-order valence-electron chi connectivity index (χ1n) is 9.75. The van der Waals surface area contributed by atoms with E-state index in [0.29, 0.717) is 23.5 Å². The fraction of sp³-hybridized carbons (Fsp3) is 0.364. The van der Waals surface area contributed by atoms with Crippen LogP contribution < -0.4 is 21.1 Å². The number of fused-ring (bicyclic) bond motifs is 1. The fourth-order valence-corrected chi connectivity index (χ4v) is 3.68. The van der Waals surface area contributed by atoms with Crippen LogP contribution in [0, 0.1) is 11.5 Å². The summed E-state index contributed by atoms with van der Waals surface area (Å²) in [5.41, 5.74) is 6.84. The van der Waals surface area contributed by atoms with Gasteiger partial charge in [0.05, 0.1) is 12.6 Å². The molecular weight excluding hydrogens is 398 g/mol. The smallest absolute Gasteiger partial charge is 0.205 e. The van der Waals surface area contributed by atoms with E-state index in [1.165, 1.54) is 14.2 Å². The minimum atomic E-state index is -1.25. The summed E-state index contributed by atoms with van der Waals surface area (Å²) in [6.45, 7) is 2.04. The third-order valence-corrected chi connectivity index (χ3v) is 5.23. The number of nitriles is 1. The minimum absolute atomic E-state index is 0.208. The number of hydrogen-bond donors (Lipinski definition) is 4. The molecule has 0 bridgehead atoms. The molecule has 3 rings (SSSR count). The Bertz CT molecular complexity index is 958. The van der Waals surface area contributed by atoms with Crippen molar-refractivity contribution >= 4 is 11.6 Å². The van der Waals surface area contributed by atoms with Gasteiger partial charge in [-0.05, 0) is 30.7 Å². The van der Waals surface area contributed by atoms with Gasteiger partial charge in [-0.2, -0.15) is 5.26 Å². The average molecular weight is 425 g/mol. The van der Waals surface area contributed by atoms with E-state index in [0.717, 1.165) is 5.56 Å². The number of aliphatic imine (C=N–C) groups is 1. The Balaban J connectivity index is 1.97. The van der Waals surface area contributed by atoms with Gasteiger partial charge >= 0.3 is 0 Å². The van der Waals surface area contributed by atoms with Crippen molar-refractivity contribution < 1.29 is 19.3 Å². The van der Waals surface area contributed by atoms with E-state index in [4.69, 9.17) is 19.9 Å². The molecular formula is C22H27N5O4. The second-order valence-electron chi connectivity index (χ2n) is 7.34. The summed E-state index contributed by atoms with van der Waals surface area (Å²) in [5, 5.41) is 26.2. The standard InChI is InChI=1S/C22H27N5O4/c1-22(20(29-2)30-3)19(28)18(16-11-15(24)9-10-17(16)31-22)27-21(26-13-23)25-12-14-7-5-4-6-8-14/h4-11,18-20,28H,12,24H2,1-3H3,(H2,25,26,27)/t18-,19-,22+/m0/s1. The molecule has 2 aromatic carbocycles. The summed E-state index contributed by atoms with van der Waals surface area (Å²) in [6.07, 6.45) is -0.106. The molecule has 0 saturated carbocycles. The number of nitrogens with two attached hydrogens (primary N) is 1. The molecule has 0 amide bonds. The molecule has 0 aromatic heterocycles. The van der Waals surface area contributed by atoms with Crippen molar-refractivity contribution in [3.05, 3.63) is 59.7 Å². The third kappa shape index (κ3) is 4.72. The molecule has 1 heterocycles. The molecule has 2 aromatic rings. The van der Waals surface area contributed by atoms with Crippen molar-refractivity contribution in [2.24, 2.45) is 4.99 Å². The van der Waals surface area contributed by atoms with Gasteiger partial charge in [-0.25, -0.2) is 4.99 Å². The van der Waals surface area contributed by atoms with Gasteiger partial charge in [0, 0.05) is 25.5 Å². The van der Waals surface area contributed by atoms with Crippen LogP contribution in [0.25, 0.3) is 0 Å². The van der Waals surface area contributed by atoms with Gasteiger partial charge in [-0.15, -0.1) is 0 Å². The number of aliphatic hydroxyl groups excluding tert-OH is 1. The highest BCUT2D eigenvalue weighted by Gasteiger charge is 2.52. The lowest BCUT2D eigenvalue weighted by atomic mass is 9.84. The Hall–Kier alpha value is -3.32. The molecule has 164 valence electrons. The van der Waals surface area contributed by atoms with Crippen LogP contribution in [0.1, 0.15) is 24.1 Å². The average Bonchev–Trinajstić information content (AvgIpc) is 2.77. The zero-order chi connectivity index (χ0) is 22.4. The molecule has 0 radical (unpaired) electrons. The maximum Gasteiger partial charge on any atom is 0.205 e. The fourth-order valence-electron chi connectivity index (χ4n) is 3.68. The summed E-state index contributed by atoms with van der Waals surface area (Å²) >= 11 is 0. The number of rotatable bonds is 6. The molecule has 3 atom stereocenters. The Labute approximate surface area is 181 Å². The van der Waals surface area contributed by atoms with Crippen molar-refractivity contribution in [3.63, 3.8) is 0 Å². The van der Waals surface area contributed by atoms with Crippen molar-refractivity contribution in [1.82, 2.24) is 10.6 Å². The largest absolute Gasteiger partial charge is 0.479 e. The summed E-state index contributed by atoms with van der Waals surface area (Å²) in [4.78, 5) is 4.47. The van der Waals surface area contributed by atoms with E-state index < -0.39 is 24.0 Å². The summed E-state index contributed by atoms with van der Waals surface area (Å²) in [6, 6.07) is 14.1. The van der Waals surface area contributed by atoms with Crippen LogP contribution in [0.2, 0.25) is 0 Å². The number of aliphatic hydroxyl groups is 1. The molecule has 0 unspecified atom stereocenters. The maximum absolute atomic E-state index is 11.3. The zero-order valence-corrected chi connectivity index (χ0v) is 17.7. The first-order chi connectivity index (χ1) is 14.9. The van der Waals surface area contributed by atoms with Crippen LogP contribution >= 0.6 is 0 Å². The minimum Gasteiger partial charge on any atom is -0.479 e. The van der Waals surface area contributed by atoms with Gasteiger partial charge < -0.3 is 30.4 Å². The van der Waals surface area contributed by atoms with Gasteiger partial charge in [0.15, 0.2) is 18.1 Å². The lowest BCUT2D eigenvalue weighted by Gasteiger charge is -2.46. The van der Waals surface area contributed by atoms with Crippen molar-refractivity contribution in [2.45, 2.75) is 37.5 Å². The van der Waals surface area contributed by atoms with E-state index in [1.807, 2.05) is 36.5 Å². The molecule has 1 aliphatic heterocycles. The number of nitrogens with zero attached hydrogens (tertiary/aromatic N) is 2. The second-order valence-corrected chi connectivity index (χ2v) is 7.34. The van der Waals surface area contributed by atoms with Crippen molar-refractivity contribution in [1.29, 1.82) is 5.26 Å². The van der Waals surface area contributed by atoms with Crippen LogP contribution in [0.15, 0.2) is 53.5 Å². The second kappa shape index (κ2) is 9.66. The van der Waals surface area contributed by atoms with Crippen LogP contribution in [0.4, 0.5) is 5.69 Å². The molecule has 31 heavy (non-hydrogen) atoms. The van der Waals surface area contributed by atoms with E-state index in [2.05, 4.69) is 15.6 Å². The monoisotopic (exact) mass is 425 g/mol. The predicted octanol–water partition coefficient (Wildman–Crippen LogP) is 1.66. The Morgan fingerprint density at radius 3 is 2.65 bits per heavy atom. The highest BCUT2D eigenvalue weighted by Crippen LogP contribution is 2.43. The highest BCUT2D eigenvalue weighted by atomic mass is 16.7. The molecule has 0 aliphatic carbocycles. The van der Waals surface area contributed by atoms with Gasteiger partial charge in [0.1, 0.15) is 11.9 Å².